The summed E-state index contributed by atoms with van der Waals surface area (Å²) in [4.78, 5) is 0. The van der Waals surface area contributed by atoms with Crippen LogP contribution in [0.25, 0.3) is 0 Å². The molecule has 0 radical (unpaired) electrons. The second-order valence-corrected chi connectivity index (χ2v) is 10.1. The van der Waals surface area contributed by atoms with Crippen LogP contribution in [0, 0.1) is 22.7 Å². The maximum atomic E-state index is 11.8. The van der Waals surface area contributed by atoms with Gasteiger partial charge < -0.3 is 15.3 Å². The average Bonchev–Trinajstić information content (AvgIpc) is 2.93. The standard InChI is InChI=1S/C25H32O3/c1-23-12-10-19-20(25(23,28)13-11-22(23)27)9-8-17-14-18(26)15-21(24(17,19)2)16-6-4-3-5-7-16/h3-8,11,13,18-22,26-28H,9-10,12,14-15H2,1-2H3/t18-,19+,20-,21+,22-,23-,24+,25+/m1/s1. The molecule has 0 aliphatic heterocycles. The lowest BCUT2D eigenvalue weighted by atomic mass is 9.43. The van der Waals surface area contributed by atoms with Gasteiger partial charge in [0.15, 0.2) is 0 Å². The molecule has 8 atom stereocenters. The molecule has 3 nitrogen and oxygen atoms in total. The van der Waals surface area contributed by atoms with Gasteiger partial charge in [-0.05, 0) is 60.8 Å². The summed E-state index contributed by atoms with van der Waals surface area (Å²) in [6.07, 6.45) is 9.32. The summed E-state index contributed by atoms with van der Waals surface area (Å²) >= 11 is 0. The Hall–Kier alpha value is -1.42. The van der Waals surface area contributed by atoms with Crippen molar-refractivity contribution < 1.29 is 15.3 Å². The van der Waals surface area contributed by atoms with Crippen molar-refractivity contribution in [2.24, 2.45) is 22.7 Å². The quantitative estimate of drug-likeness (QED) is 0.647. The summed E-state index contributed by atoms with van der Waals surface area (Å²) in [5, 5.41) is 33.1. The Labute approximate surface area is 167 Å². The predicted molar refractivity (Wildman–Crippen MR) is 110 cm³/mol. The Balaban J connectivity index is 1.62. The van der Waals surface area contributed by atoms with Gasteiger partial charge in [0.1, 0.15) is 0 Å². The average molecular weight is 381 g/mol. The topological polar surface area (TPSA) is 60.7 Å². The van der Waals surface area contributed by atoms with Gasteiger partial charge in [0.25, 0.3) is 0 Å². The zero-order valence-corrected chi connectivity index (χ0v) is 16.9. The number of fused-ring (bicyclic) bond motifs is 5. The van der Waals surface area contributed by atoms with Crippen molar-refractivity contribution in [2.75, 3.05) is 0 Å². The second kappa shape index (κ2) is 6.04. The van der Waals surface area contributed by atoms with E-state index in [2.05, 4.69) is 44.2 Å². The lowest BCUT2D eigenvalue weighted by Gasteiger charge is -2.62. The van der Waals surface area contributed by atoms with E-state index in [4.69, 9.17) is 0 Å². The molecule has 0 aromatic heterocycles. The molecule has 1 aromatic rings. The summed E-state index contributed by atoms with van der Waals surface area (Å²) in [7, 11) is 0. The monoisotopic (exact) mass is 380 g/mol. The van der Waals surface area contributed by atoms with Crippen LogP contribution in [0.2, 0.25) is 0 Å². The van der Waals surface area contributed by atoms with Crippen molar-refractivity contribution in [2.45, 2.75) is 69.7 Å². The number of aliphatic hydroxyl groups excluding tert-OH is 2. The molecule has 2 saturated carbocycles. The van der Waals surface area contributed by atoms with Crippen molar-refractivity contribution in [3.05, 3.63) is 59.7 Å². The van der Waals surface area contributed by atoms with Gasteiger partial charge in [0.2, 0.25) is 0 Å². The van der Waals surface area contributed by atoms with Crippen LogP contribution < -0.4 is 0 Å². The highest BCUT2D eigenvalue weighted by molar-refractivity contribution is 5.38. The van der Waals surface area contributed by atoms with Crippen LogP contribution in [0.5, 0.6) is 0 Å². The molecule has 2 fully saturated rings. The lowest BCUT2D eigenvalue weighted by molar-refractivity contribution is -0.175. The van der Waals surface area contributed by atoms with Gasteiger partial charge in [-0.2, -0.15) is 0 Å². The summed E-state index contributed by atoms with van der Waals surface area (Å²) in [5.74, 6) is 0.702. The van der Waals surface area contributed by atoms with Gasteiger partial charge >= 0.3 is 0 Å². The zero-order valence-electron chi connectivity index (χ0n) is 16.9. The Morgan fingerprint density at radius 2 is 1.79 bits per heavy atom. The van der Waals surface area contributed by atoms with Gasteiger partial charge in [-0.15, -0.1) is 0 Å². The molecule has 0 unspecified atom stereocenters. The van der Waals surface area contributed by atoms with E-state index in [1.807, 2.05) is 18.2 Å². The highest BCUT2D eigenvalue weighted by atomic mass is 16.3. The van der Waals surface area contributed by atoms with E-state index in [1.54, 1.807) is 0 Å². The van der Waals surface area contributed by atoms with E-state index in [9.17, 15) is 15.3 Å². The molecule has 4 aliphatic rings. The molecule has 0 heterocycles. The minimum atomic E-state index is -0.961. The third kappa shape index (κ3) is 2.21. The second-order valence-electron chi connectivity index (χ2n) is 10.1. The van der Waals surface area contributed by atoms with Crippen molar-refractivity contribution in [1.82, 2.24) is 0 Å². The van der Waals surface area contributed by atoms with Gasteiger partial charge in [-0.3, -0.25) is 0 Å². The molecule has 1 aromatic carbocycles. The summed E-state index contributed by atoms with van der Waals surface area (Å²) in [6.45, 7) is 4.43. The van der Waals surface area contributed by atoms with Crippen LogP contribution >= 0.6 is 0 Å². The molecule has 0 saturated heterocycles. The Morgan fingerprint density at radius 1 is 1.04 bits per heavy atom. The molecule has 3 N–H and O–H groups in total. The van der Waals surface area contributed by atoms with Crippen LogP contribution in [0.4, 0.5) is 0 Å². The highest BCUT2D eigenvalue weighted by Gasteiger charge is 2.65. The first kappa shape index (κ1) is 18.6. The smallest absolute Gasteiger partial charge is 0.0943 e. The summed E-state index contributed by atoms with van der Waals surface area (Å²) in [6, 6.07) is 10.6. The molecule has 5 rings (SSSR count). The molecule has 150 valence electrons. The van der Waals surface area contributed by atoms with Crippen LogP contribution in [-0.2, 0) is 0 Å². The number of allylic oxidation sites excluding steroid dienone is 1. The fourth-order valence-electron chi connectivity index (χ4n) is 7.33. The maximum absolute atomic E-state index is 11.8. The van der Waals surface area contributed by atoms with Gasteiger partial charge in [-0.1, -0.05) is 68.0 Å². The van der Waals surface area contributed by atoms with E-state index < -0.39 is 17.1 Å². The zero-order chi connectivity index (χ0) is 19.7. The normalized spacial score (nSPS) is 49.8. The van der Waals surface area contributed by atoms with Crippen molar-refractivity contribution in [3.8, 4) is 0 Å². The van der Waals surface area contributed by atoms with Crippen LogP contribution in [-0.4, -0.2) is 33.1 Å². The molecule has 3 heteroatoms. The third-order valence-corrected chi connectivity index (χ3v) is 9.10. The number of hydrogen-bond donors (Lipinski definition) is 3. The van der Waals surface area contributed by atoms with E-state index in [1.165, 1.54) is 11.1 Å². The van der Waals surface area contributed by atoms with Crippen LogP contribution in [0.3, 0.4) is 0 Å². The first-order chi connectivity index (χ1) is 13.3. The lowest BCUT2D eigenvalue weighted by Crippen LogP contribution is -2.62. The summed E-state index contributed by atoms with van der Waals surface area (Å²) < 4.78 is 0. The highest BCUT2D eigenvalue weighted by Crippen LogP contribution is 2.67. The third-order valence-electron chi connectivity index (χ3n) is 9.10. The number of hydrogen-bond acceptors (Lipinski definition) is 3. The van der Waals surface area contributed by atoms with Crippen molar-refractivity contribution in [3.63, 3.8) is 0 Å². The molecular formula is C25H32O3. The SMILES string of the molecule is C[C@]12C(=CC[C@@H]3[C@@H]1CC[C@]1(C)[C@H](O)C=C[C@]31O)C[C@@H](O)C[C@H]2c1ccccc1. The summed E-state index contributed by atoms with van der Waals surface area (Å²) in [5.41, 5.74) is 1.14. The predicted octanol–water partition coefficient (Wildman–Crippen LogP) is 3.96. The van der Waals surface area contributed by atoms with E-state index in [-0.39, 0.29) is 23.4 Å². The number of benzene rings is 1. The van der Waals surface area contributed by atoms with Gasteiger partial charge in [0, 0.05) is 5.41 Å². The van der Waals surface area contributed by atoms with Gasteiger partial charge in [-0.25, -0.2) is 0 Å². The Morgan fingerprint density at radius 3 is 2.54 bits per heavy atom. The van der Waals surface area contributed by atoms with E-state index in [0.29, 0.717) is 5.92 Å². The van der Waals surface area contributed by atoms with E-state index in [0.717, 1.165) is 32.1 Å². The van der Waals surface area contributed by atoms with E-state index >= 15 is 0 Å². The molecule has 28 heavy (non-hydrogen) atoms. The maximum Gasteiger partial charge on any atom is 0.0943 e. The van der Waals surface area contributed by atoms with Gasteiger partial charge in [0.05, 0.1) is 17.8 Å². The first-order valence-electron chi connectivity index (χ1n) is 10.8. The number of aliphatic hydroxyl groups is 3. The Bertz CT molecular complexity index is 829. The minimum Gasteiger partial charge on any atom is -0.393 e. The minimum absolute atomic E-state index is 0.0675. The van der Waals surface area contributed by atoms with Crippen LogP contribution in [0.15, 0.2) is 54.1 Å². The van der Waals surface area contributed by atoms with Crippen molar-refractivity contribution in [1.29, 1.82) is 0 Å². The van der Waals surface area contributed by atoms with Crippen LogP contribution in [0.1, 0.15) is 57.4 Å². The molecule has 0 bridgehead atoms. The molecule has 0 amide bonds. The Kier molecular flexibility index (Phi) is 4.01. The first-order valence-corrected chi connectivity index (χ1v) is 10.8. The number of rotatable bonds is 1. The largest absolute Gasteiger partial charge is 0.393 e. The molecule has 0 spiro atoms. The fourth-order valence-corrected chi connectivity index (χ4v) is 7.33. The van der Waals surface area contributed by atoms with Crippen molar-refractivity contribution >= 4 is 0 Å². The fraction of sp³-hybridized carbons (Fsp3) is 0.600. The molecule has 4 aliphatic carbocycles. The molecular weight excluding hydrogens is 348 g/mol.